The van der Waals surface area contributed by atoms with Gasteiger partial charge in [0.2, 0.25) is 17.0 Å². The number of hydrogen-bond acceptors (Lipinski definition) is 6. The van der Waals surface area contributed by atoms with Crippen molar-refractivity contribution in [3.8, 4) is 5.69 Å². The Hall–Kier alpha value is -3.40. The highest BCUT2D eigenvalue weighted by molar-refractivity contribution is 7.99. The molecule has 1 aromatic heterocycles. The summed E-state index contributed by atoms with van der Waals surface area (Å²) in [5, 5.41) is 18.6. The van der Waals surface area contributed by atoms with E-state index in [4.69, 9.17) is 23.2 Å². The van der Waals surface area contributed by atoms with Gasteiger partial charge in [-0.15, -0.1) is 5.10 Å². The van der Waals surface area contributed by atoms with Gasteiger partial charge in [0.1, 0.15) is 0 Å². The number of nitrogens with one attached hydrogen (secondary N) is 2. The van der Waals surface area contributed by atoms with Crippen LogP contribution >= 0.6 is 35.0 Å². The third-order valence-corrected chi connectivity index (χ3v) is 7.08. The molecule has 0 aliphatic carbocycles. The largest absolute Gasteiger partial charge is 0.326 e. The fourth-order valence-electron chi connectivity index (χ4n) is 3.56. The fraction of sp³-hybridized carbons (Fsp3) is 0.222. The van der Waals surface area contributed by atoms with Crippen molar-refractivity contribution in [3.63, 3.8) is 0 Å². The maximum Gasteiger partial charge on any atom is 0.234 e. The number of thioether (sulfide) groups is 1. The minimum absolute atomic E-state index is 0.0456. The Bertz CT molecular complexity index is 1450. The Kier molecular flexibility index (Phi) is 8.71. The number of halogens is 2. The number of benzene rings is 3. The summed E-state index contributed by atoms with van der Waals surface area (Å²) < 4.78 is 1.51. The van der Waals surface area contributed by atoms with Gasteiger partial charge in [-0.05, 0) is 57.3 Å². The standard InChI is InChI=1S/C27H26Cl2N6O2S/c1-27(2,3)18-9-12-23(21(29)14-18)35-26(32-33-34-35)38-16-25(37)31-22-11-10-19(15-20(22)28)30-24(36)13-17-7-5-4-6-8-17/h4-12,14-15H,13,16H2,1-3H3,(H,30,36)(H,31,37). The molecular weight excluding hydrogens is 543 g/mol. The Labute approximate surface area is 235 Å². The topological polar surface area (TPSA) is 102 Å². The second-order valence-electron chi connectivity index (χ2n) is 9.53. The van der Waals surface area contributed by atoms with Crippen molar-refractivity contribution in [3.05, 3.63) is 87.9 Å². The van der Waals surface area contributed by atoms with Gasteiger partial charge >= 0.3 is 0 Å². The number of hydrogen-bond donors (Lipinski definition) is 2. The molecule has 0 unspecified atom stereocenters. The van der Waals surface area contributed by atoms with Crippen molar-refractivity contribution in [1.82, 2.24) is 20.2 Å². The van der Waals surface area contributed by atoms with E-state index in [0.29, 0.717) is 32.3 Å². The Balaban J connectivity index is 1.35. The summed E-state index contributed by atoms with van der Waals surface area (Å²) in [7, 11) is 0. The quantitative estimate of drug-likeness (QED) is 0.246. The molecule has 2 N–H and O–H groups in total. The van der Waals surface area contributed by atoms with Crippen molar-refractivity contribution in [2.75, 3.05) is 16.4 Å². The van der Waals surface area contributed by atoms with Crippen LogP contribution in [-0.2, 0) is 21.4 Å². The summed E-state index contributed by atoms with van der Waals surface area (Å²) in [5.74, 6) is -0.406. The van der Waals surface area contributed by atoms with Crippen molar-refractivity contribution in [2.45, 2.75) is 37.8 Å². The minimum Gasteiger partial charge on any atom is -0.326 e. The van der Waals surface area contributed by atoms with Gasteiger partial charge in [-0.1, -0.05) is 92.1 Å². The molecule has 4 rings (SSSR count). The molecule has 1 heterocycles. The zero-order valence-electron chi connectivity index (χ0n) is 21.0. The zero-order chi connectivity index (χ0) is 27.3. The van der Waals surface area contributed by atoms with Crippen molar-refractivity contribution in [1.29, 1.82) is 0 Å². The number of aromatic nitrogens is 4. The van der Waals surface area contributed by atoms with Crippen LogP contribution in [-0.4, -0.2) is 37.8 Å². The molecule has 0 spiro atoms. The molecule has 0 saturated heterocycles. The first-order valence-electron chi connectivity index (χ1n) is 11.7. The normalized spacial score (nSPS) is 11.3. The molecule has 11 heteroatoms. The summed E-state index contributed by atoms with van der Waals surface area (Å²) in [6.07, 6.45) is 0.250. The average molecular weight is 570 g/mol. The lowest BCUT2D eigenvalue weighted by Crippen LogP contribution is -2.16. The number of tetrazole rings is 1. The van der Waals surface area contributed by atoms with Crippen LogP contribution < -0.4 is 10.6 Å². The van der Waals surface area contributed by atoms with Crippen LogP contribution in [0.3, 0.4) is 0 Å². The van der Waals surface area contributed by atoms with Gasteiger partial charge in [0, 0.05) is 5.69 Å². The van der Waals surface area contributed by atoms with Crippen LogP contribution in [0.1, 0.15) is 31.9 Å². The van der Waals surface area contributed by atoms with Crippen LogP contribution in [0.5, 0.6) is 0 Å². The van der Waals surface area contributed by atoms with Gasteiger partial charge in [0.15, 0.2) is 0 Å². The van der Waals surface area contributed by atoms with E-state index in [-0.39, 0.29) is 29.4 Å². The highest BCUT2D eigenvalue weighted by Gasteiger charge is 2.19. The predicted octanol–water partition coefficient (Wildman–Crippen LogP) is 6.18. The second kappa shape index (κ2) is 12.0. The first-order valence-corrected chi connectivity index (χ1v) is 13.5. The maximum absolute atomic E-state index is 12.6. The molecule has 0 fully saturated rings. The lowest BCUT2D eigenvalue weighted by Gasteiger charge is -2.20. The van der Waals surface area contributed by atoms with Crippen molar-refractivity contribution < 1.29 is 9.59 Å². The van der Waals surface area contributed by atoms with E-state index in [2.05, 4.69) is 46.9 Å². The number of amides is 2. The van der Waals surface area contributed by atoms with Gasteiger partial charge in [-0.3, -0.25) is 9.59 Å². The summed E-state index contributed by atoms with van der Waals surface area (Å²) >= 11 is 14.1. The van der Waals surface area contributed by atoms with E-state index in [1.807, 2.05) is 48.5 Å². The molecule has 0 radical (unpaired) electrons. The highest BCUT2D eigenvalue weighted by Crippen LogP contribution is 2.31. The third-order valence-electron chi connectivity index (χ3n) is 5.55. The number of anilines is 2. The van der Waals surface area contributed by atoms with Crippen molar-refractivity contribution in [2.24, 2.45) is 0 Å². The molecule has 4 aromatic rings. The van der Waals surface area contributed by atoms with Crippen LogP contribution in [0.25, 0.3) is 5.69 Å². The number of carbonyl (C=O) groups is 2. The number of rotatable bonds is 8. The summed E-state index contributed by atoms with van der Waals surface area (Å²) in [6, 6.07) is 20.1. The van der Waals surface area contributed by atoms with Crippen LogP contribution in [0.2, 0.25) is 10.0 Å². The summed E-state index contributed by atoms with van der Waals surface area (Å²) in [6.45, 7) is 6.32. The number of nitrogens with zero attached hydrogens (tertiary/aromatic N) is 4. The second-order valence-corrected chi connectivity index (χ2v) is 11.3. The van der Waals surface area contributed by atoms with E-state index in [9.17, 15) is 9.59 Å². The molecule has 0 atom stereocenters. The highest BCUT2D eigenvalue weighted by atomic mass is 35.5. The lowest BCUT2D eigenvalue weighted by atomic mass is 9.87. The summed E-state index contributed by atoms with van der Waals surface area (Å²) in [4.78, 5) is 24.9. The van der Waals surface area contributed by atoms with Crippen molar-refractivity contribution >= 4 is 58.2 Å². The smallest absolute Gasteiger partial charge is 0.234 e. The van der Waals surface area contributed by atoms with Gasteiger partial charge in [0.25, 0.3) is 0 Å². The van der Waals surface area contributed by atoms with E-state index in [0.717, 1.165) is 11.1 Å². The van der Waals surface area contributed by atoms with Gasteiger partial charge in [0.05, 0.1) is 33.6 Å². The molecule has 0 aliphatic heterocycles. The van der Waals surface area contributed by atoms with E-state index in [1.165, 1.54) is 16.4 Å². The van der Waals surface area contributed by atoms with E-state index in [1.54, 1.807) is 18.2 Å². The SMILES string of the molecule is CC(C)(C)c1ccc(-n2nnnc2SCC(=O)Nc2ccc(NC(=O)Cc3ccccc3)cc2Cl)c(Cl)c1. The van der Waals surface area contributed by atoms with Crippen LogP contribution in [0.15, 0.2) is 71.9 Å². The first kappa shape index (κ1) is 27.6. The van der Waals surface area contributed by atoms with Crippen LogP contribution in [0.4, 0.5) is 11.4 Å². The molecule has 196 valence electrons. The maximum atomic E-state index is 12.6. The molecule has 8 nitrogen and oxygen atoms in total. The summed E-state index contributed by atoms with van der Waals surface area (Å²) in [5.41, 5.74) is 3.54. The first-order chi connectivity index (χ1) is 18.1. The molecule has 3 aromatic carbocycles. The molecule has 0 aliphatic rings. The monoisotopic (exact) mass is 568 g/mol. The zero-order valence-corrected chi connectivity index (χ0v) is 23.4. The van der Waals surface area contributed by atoms with E-state index >= 15 is 0 Å². The van der Waals surface area contributed by atoms with Gasteiger partial charge in [-0.2, -0.15) is 4.68 Å². The Morgan fingerprint density at radius 2 is 1.68 bits per heavy atom. The lowest BCUT2D eigenvalue weighted by molar-refractivity contribution is -0.115. The average Bonchev–Trinajstić information content (AvgIpc) is 3.33. The van der Waals surface area contributed by atoms with Crippen LogP contribution in [0, 0.1) is 0 Å². The number of carbonyl (C=O) groups excluding carboxylic acids is 2. The molecular formula is C27H26Cl2N6O2S. The molecule has 2 amide bonds. The Morgan fingerprint density at radius 1 is 0.921 bits per heavy atom. The molecule has 38 heavy (non-hydrogen) atoms. The predicted molar refractivity (Wildman–Crippen MR) is 152 cm³/mol. The van der Waals surface area contributed by atoms with Gasteiger partial charge < -0.3 is 10.6 Å². The fourth-order valence-corrected chi connectivity index (χ4v) is 4.73. The Morgan fingerprint density at radius 3 is 2.37 bits per heavy atom. The molecule has 0 bridgehead atoms. The van der Waals surface area contributed by atoms with E-state index < -0.39 is 0 Å². The molecule has 0 saturated carbocycles. The van der Waals surface area contributed by atoms with Gasteiger partial charge in [-0.25, -0.2) is 0 Å². The minimum atomic E-state index is -0.290. The third kappa shape index (κ3) is 7.12.